The Morgan fingerprint density at radius 3 is 2.81 bits per heavy atom. The first kappa shape index (κ1) is 19.2. The maximum absolute atomic E-state index is 12.1. The molecule has 0 aromatic carbocycles. The van der Waals surface area contributed by atoms with Gasteiger partial charge in [0.05, 0.1) is 12.5 Å². The van der Waals surface area contributed by atoms with Crippen LogP contribution >= 0.6 is 0 Å². The second kappa shape index (κ2) is 7.02. The van der Waals surface area contributed by atoms with Crippen molar-refractivity contribution in [2.75, 3.05) is 0 Å². The fraction of sp³-hybridized carbons (Fsp3) is 0.826. The van der Waals surface area contributed by atoms with Gasteiger partial charge in [-0.05, 0) is 74.5 Å². The molecular weight excluding hydrogens is 340 g/mol. The van der Waals surface area contributed by atoms with E-state index in [1.807, 2.05) is 0 Å². The summed E-state index contributed by atoms with van der Waals surface area (Å²) in [6.07, 6.45) is 12.0. The number of rotatable bonds is 4. The highest BCUT2D eigenvalue weighted by molar-refractivity contribution is 5.72. The third kappa shape index (κ3) is 3.08. The summed E-state index contributed by atoms with van der Waals surface area (Å²) in [4.78, 5) is 22.6. The third-order valence-electron chi connectivity index (χ3n) is 8.73. The van der Waals surface area contributed by atoms with Gasteiger partial charge >= 0.3 is 5.97 Å². The summed E-state index contributed by atoms with van der Waals surface area (Å²) in [7, 11) is 0. The smallest absolute Gasteiger partial charge is 0.306 e. The van der Waals surface area contributed by atoms with Crippen LogP contribution in [-0.2, 0) is 14.3 Å². The summed E-state index contributed by atoms with van der Waals surface area (Å²) >= 11 is 0. The van der Waals surface area contributed by atoms with E-state index in [1.165, 1.54) is 12.0 Å². The van der Waals surface area contributed by atoms with E-state index in [4.69, 9.17) is 4.74 Å². The van der Waals surface area contributed by atoms with Crippen molar-refractivity contribution >= 4 is 12.3 Å². The molecule has 0 heterocycles. The fourth-order valence-electron chi connectivity index (χ4n) is 7.18. The van der Waals surface area contributed by atoms with Crippen molar-refractivity contribution < 1.29 is 19.4 Å². The van der Waals surface area contributed by atoms with Crippen LogP contribution in [0.4, 0.5) is 0 Å². The van der Waals surface area contributed by atoms with Crippen LogP contribution in [0.15, 0.2) is 11.6 Å². The van der Waals surface area contributed by atoms with Crippen LogP contribution in [0, 0.1) is 28.6 Å². The highest BCUT2D eigenvalue weighted by Gasteiger charge is 2.59. The van der Waals surface area contributed by atoms with Crippen LogP contribution in [0.5, 0.6) is 0 Å². The molecule has 1 N–H and O–H groups in total. The minimum absolute atomic E-state index is 0.00830. The molecule has 0 radical (unpaired) electrons. The number of aldehydes is 1. The van der Waals surface area contributed by atoms with E-state index in [0.29, 0.717) is 17.8 Å². The number of hydrogen-bond acceptors (Lipinski definition) is 4. The van der Waals surface area contributed by atoms with Crippen molar-refractivity contribution in [1.82, 2.24) is 0 Å². The zero-order valence-electron chi connectivity index (χ0n) is 16.8. The molecule has 0 spiro atoms. The summed E-state index contributed by atoms with van der Waals surface area (Å²) in [6.45, 7) is 4.78. The molecule has 3 fully saturated rings. The van der Waals surface area contributed by atoms with Crippen molar-refractivity contribution in [3.8, 4) is 0 Å². The molecule has 0 aromatic rings. The van der Waals surface area contributed by atoms with Crippen LogP contribution in [-0.4, -0.2) is 29.6 Å². The normalized spacial score (nSPS) is 45.9. The van der Waals surface area contributed by atoms with Gasteiger partial charge in [-0.1, -0.05) is 25.5 Å². The van der Waals surface area contributed by atoms with E-state index in [-0.39, 0.29) is 41.8 Å². The molecule has 150 valence electrons. The Bertz CT molecular complexity index is 640. The Hall–Kier alpha value is -1.16. The maximum Gasteiger partial charge on any atom is 0.306 e. The van der Waals surface area contributed by atoms with Crippen molar-refractivity contribution in [1.29, 1.82) is 0 Å². The molecule has 27 heavy (non-hydrogen) atoms. The van der Waals surface area contributed by atoms with Gasteiger partial charge in [-0.2, -0.15) is 0 Å². The van der Waals surface area contributed by atoms with Crippen LogP contribution < -0.4 is 0 Å². The lowest BCUT2D eigenvalue weighted by molar-refractivity contribution is -0.159. The van der Waals surface area contributed by atoms with Gasteiger partial charge < -0.3 is 14.6 Å². The first-order valence-electron chi connectivity index (χ1n) is 10.9. The van der Waals surface area contributed by atoms with E-state index >= 15 is 0 Å². The van der Waals surface area contributed by atoms with E-state index in [0.717, 1.165) is 51.2 Å². The average molecular weight is 375 g/mol. The standard InChI is InChI=1S/C23H34O4/c1-22-11-9-16(25)14-15(22)5-6-17-18-7-8-20(27-21(26)4-3-13-24)23(18,2)12-10-19(17)22/h5,13,16-20,25H,3-4,6-12,14H2,1-2H3. The molecule has 0 aromatic heterocycles. The minimum atomic E-state index is -0.213. The van der Waals surface area contributed by atoms with Crippen LogP contribution in [0.2, 0.25) is 0 Å². The Kier molecular flexibility index (Phi) is 4.99. The second-order valence-electron chi connectivity index (χ2n) is 9.96. The summed E-state index contributed by atoms with van der Waals surface area (Å²) in [5, 5.41) is 10.1. The van der Waals surface area contributed by atoms with Gasteiger partial charge in [0, 0.05) is 11.8 Å². The van der Waals surface area contributed by atoms with E-state index in [1.54, 1.807) is 0 Å². The lowest BCUT2D eigenvalue weighted by Gasteiger charge is -2.57. The molecule has 4 aliphatic rings. The zero-order chi connectivity index (χ0) is 19.2. The Labute approximate surface area is 162 Å². The quantitative estimate of drug-likeness (QED) is 0.455. The number of allylic oxidation sites excluding steroid dienone is 1. The minimum Gasteiger partial charge on any atom is -0.462 e. The monoisotopic (exact) mass is 374 g/mol. The highest BCUT2D eigenvalue weighted by Crippen LogP contribution is 2.65. The predicted molar refractivity (Wildman–Crippen MR) is 103 cm³/mol. The fourth-order valence-corrected chi connectivity index (χ4v) is 7.18. The number of aliphatic hydroxyl groups is 1. The molecule has 4 aliphatic carbocycles. The largest absolute Gasteiger partial charge is 0.462 e. The SMILES string of the molecule is CC12CCC(O)CC1=CCC1C2CCC2(C)C(OC(=O)CCC=O)CCC12. The average Bonchev–Trinajstić information content (AvgIpc) is 2.97. The molecule has 4 rings (SSSR count). The van der Waals surface area contributed by atoms with Gasteiger partial charge in [0.2, 0.25) is 0 Å². The predicted octanol–water partition coefficient (Wildman–Crippen LogP) is 4.20. The van der Waals surface area contributed by atoms with Crippen LogP contribution in [0.3, 0.4) is 0 Å². The van der Waals surface area contributed by atoms with Gasteiger partial charge in [0.1, 0.15) is 12.4 Å². The molecule has 0 saturated heterocycles. The lowest BCUT2D eigenvalue weighted by atomic mass is 9.48. The highest BCUT2D eigenvalue weighted by atomic mass is 16.5. The topological polar surface area (TPSA) is 63.6 Å². The molecule has 0 bridgehead atoms. The van der Waals surface area contributed by atoms with E-state index in [9.17, 15) is 14.7 Å². The molecule has 0 aliphatic heterocycles. The van der Waals surface area contributed by atoms with Crippen LogP contribution in [0.1, 0.15) is 78.1 Å². The number of fused-ring (bicyclic) bond motifs is 5. The van der Waals surface area contributed by atoms with E-state index in [2.05, 4.69) is 19.9 Å². The van der Waals surface area contributed by atoms with Crippen molar-refractivity contribution in [3.63, 3.8) is 0 Å². The van der Waals surface area contributed by atoms with Crippen LogP contribution in [0.25, 0.3) is 0 Å². The molecule has 0 amide bonds. The summed E-state index contributed by atoms with van der Waals surface area (Å²) in [5.74, 6) is 1.77. The number of carbonyl (C=O) groups excluding carboxylic acids is 2. The van der Waals surface area contributed by atoms with Gasteiger partial charge in [0.15, 0.2) is 0 Å². The molecule has 4 nitrogen and oxygen atoms in total. The summed E-state index contributed by atoms with van der Waals surface area (Å²) in [6, 6.07) is 0. The summed E-state index contributed by atoms with van der Waals surface area (Å²) in [5.41, 5.74) is 1.83. The third-order valence-corrected chi connectivity index (χ3v) is 8.73. The number of hydrogen-bond donors (Lipinski definition) is 1. The summed E-state index contributed by atoms with van der Waals surface area (Å²) < 4.78 is 5.87. The first-order chi connectivity index (χ1) is 12.9. The van der Waals surface area contributed by atoms with Gasteiger partial charge in [-0.25, -0.2) is 0 Å². The molecule has 3 saturated carbocycles. The second-order valence-corrected chi connectivity index (χ2v) is 9.96. The maximum atomic E-state index is 12.1. The molecular formula is C23H34O4. The zero-order valence-corrected chi connectivity index (χ0v) is 16.8. The molecule has 4 heteroatoms. The van der Waals surface area contributed by atoms with Gasteiger partial charge in [-0.3, -0.25) is 4.79 Å². The van der Waals surface area contributed by atoms with E-state index < -0.39 is 0 Å². The molecule has 7 unspecified atom stereocenters. The molecule has 7 atom stereocenters. The van der Waals surface area contributed by atoms with Gasteiger partial charge in [-0.15, -0.1) is 0 Å². The number of aliphatic hydroxyl groups excluding tert-OH is 1. The number of carbonyl (C=O) groups is 2. The Morgan fingerprint density at radius 1 is 1.22 bits per heavy atom. The Balaban J connectivity index is 1.52. The number of ether oxygens (including phenoxy) is 1. The van der Waals surface area contributed by atoms with Crippen molar-refractivity contribution in [3.05, 3.63) is 11.6 Å². The number of esters is 1. The van der Waals surface area contributed by atoms with Gasteiger partial charge in [0.25, 0.3) is 0 Å². The first-order valence-corrected chi connectivity index (χ1v) is 10.9. The lowest BCUT2D eigenvalue weighted by Crippen LogP contribution is -2.51. The van der Waals surface area contributed by atoms with Crippen molar-refractivity contribution in [2.45, 2.75) is 90.3 Å². The van der Waals surface area contributed by atoms with Crippen molar-refractivity contribution in [2.24, 2.45) is 28.6 Å². The Morgan fingerprint density at radius 2 is 2.04 bits per heavy atom.